The molecule has 18 N–H and O–H groups in total. The number of phenolic OH excluding ortho intramolecular Hbond substituents is 6. The van der Waals surface area contributed by atoms with E-state index < -0.39 is 158 Å². The number of hydrogen-bond donors (Lipinski definition) is 16. The zero-order chi connectivity index (χ0) is 61.7. The van der Waals surface area contributed by atoms with Crippen LogP contribution in [0.2, 0.25) is 10.0 Å². The number of amides is 5. The number of ether oxygens (including phenoxy) is 3. The maximum absolute atomic E-state index is 15.7. The first-order valence-electron chi connectivity index (χ1n) is 25.5. The van der Waals surface area contributed by atoms with Crippen molar-refractivity contribution in [3.05, 3.63) is 164 Å². The van der Waals surface area contributed by atoms with Crippen molar-refractivity contribution >= 4 is 64.7 Å². The van der Waals surface area contributed by atoms with Gasteiger partial charge in [0, 0.05) is 29.7 Å². The number of halogens is 2. The lowest BCUT2D eigenvalue weighted by molar-refractivity contribution is -0.146. The Kier molecular flexibility index (Phi) is 15.9. The lowest BCUT2D eigenvalue weighted by Crippen LogP contribution is -2.54. The van der Waals surface area contributed by atoms with Crippen LogP contribution in [0.15, 0.2) is 115 Å². The highest BCUT2D eigenvalue weighted by molar-refractivity contribution is 6.32. The van der Waals surface area contributed by atoms with Gasteiger partial charge in [-0.1, -0.05) is 47.5 Å². The van der Waals surface area contributed by atoms with E-state index in [4.69, 9.17) is 48.9 Å². The fourth-order valence-corrected chi connectivity index (χ4v) is 10.3. The number of benzene rings is 7. The summed E-state index contributed by atoms with van der Waals surface area (Å²) in [6, 6.07) is 7.34. The van der Waals surface area contributed by atoms with E-state index in [9.17, 15) is 65.1 Å². The Morgan fingerprint density at radius 3 is 1.72 bits per heavy atom. The molecule has 5 aliphatic heterocycles. The molecule has 13 bridgehead atoms. The molecule has 0 radical (unpaired) electrons. The molecule has 5 amide bonds. The molecule has 0 saturated carbocycles. The van der Waals surface area contributed by atoms with Gasteiger partial charge in [0.05, 0.1) is 10.0 Å². The normalized spacial score (nSPS) is 20.8. The van der Waals surface area contributed by atoms with Crippen molar-refractivity contribution in [2.45, 2.75) is 54.8 Å². The summed E-state index contributed by atoms with van der Waals surface area (Å²) in [5.74, 6) is -15.8. The Morgan fingerprint density at radius 1 is 0.523 bits per heavy atom. The number of nitrogens with two attached hydrogens (primary N) is 2. The van der Waals surface area contributed by atoms with Gasteiger partial charge in [-0.25, -0.2) is 4.79 Å². The van der Waals surface area contributed by atoms with Gasteiger partial charge >= 0.3 is 11.9 Å². The lowest BCUT2D eigenvalue weighted by Gasteiger charge is -2.29. The zero-order valence-electron chi connectivity index (χ0n) is 43.8. The van der Waals surface area contributed by atoms with Crippen LogP contribution in [0, 0.1) is 0 Å². The third-order valence-electron chi connectivity index (χ3n) is 14.2. The number of aliphatic hydroxyl groups excluding tert-OH is 1. The first-order valence-corrected chi connectivity index (χ1v) is 26.3. The van der Waals surface area contributed by atoms with Crippen molar-refractivity contribution in [2.75, 3.05) is 0 Å². The average molecular weight is 1220 g/mol. The summed E-state index contributed by atoms with van der Waals surface area (Å²) < 4.78 is 18.3. The highest BCUT2D eigenvalue weighted by Gasteiger charge is 2.39. The van der Waals surface area contributed by atoms with Crippen LogP contribution in [0.4, 0.5) is 0 Å². The number of aliphatic carboxylic acids is 2. The summed E-state index contributed by atoms with van der Waals surface area (Å²) in [5, 5.41) is 111. The van der Waals surface area contributed by atoms with Gasteiger partial charge in [0.2, 0.25) is 35.3 Å². The van der Waals surface area contributed by atoms with Crippen LogP contribution in [0.3, 0.4) is 0 Å². The third-order valence-corrected chi connectivity index (χ3v) is 14.8. The monoisotopic (exact) mass is 1220 g/mol. The molecule has 0 saturated heterocycles. The van der Waals surface area contributed by atoms with Gasteiger partial charge in [-0.2, -0.15) is 0 Å². The molecule has 26 nitrogen and oxygen atoms in total. The number of fused-ring (bicyclic) bond motifs is 15. The molecule has 0 spiro atoms. The SMILES string of the molecule is N[C@H](C(=O)O)c1cc(O)cc(O)c1-c1cc([C@@H]2NC(=O)[C@H]3NC(=O)[C@@H]4NC(=O)[C@H](Cc5ccc(c(Cl)c5)Oc5cc3cc(c5O)Oc3ccc(cc3Cl)[C@H](O)[C@@H](C(=O)O)NC2=O)NC(=O)[C@H](N)c2ccc(O)c(c2)Oc2cc(O)cc4c2)ccc1O. The van der Waals surface area contributed by atoms with E-state index in [1.165, 1.54) is 48.5 Å². The fraction of sp³-hybridized carbons (Fsp3) is 0.155. The minimum absolute atomic E-state index is 0.104. The van der Waals surface area contributed by atoms with Crippen molar-refractivity contribution in [3.63, 3.8) is 0 Å². The molecular weight excluding hydrogens is 1170 g/mol. The van der Waals surface area contributed by atoms with Gasteiger partial charge in [-0.3, -0.25) is 28.8 Å². The molecule has 0 aliphatic carbocycles. The van der Waals surface area contributed by atoms with Gasteiger partial charge in [0.1, 0.15) is 82.6 Å². The number of phenols is 6. The summed E-state index contributed by atoms with van der Waals surface area (Å²) in [6.45, 7) is 0. The molecular formula is C58H47Cl2N7O19. The summed E-state index contributed by atoms with van der Waals surface area (Å²) in [4.78, 5) is 100. The fourth-order valence-electron chi connectivity index (χ4n) is 9.86. The summed E-state index contributed by atoms with van der Waals surface area (Å²) >= 11 is 13.5. The second-order valence-electron chi connectivity index (χ2n) is 20.0. The highest BCUT2D eigenvalue weighted by atomic mass is 35.5. The average Bonchev–Trinajstić information content (AvgIpc) is 1.31. The van der Waals surface area contributed by atoms with E-state index in [1.807, 2.05) is 0 Å². The topological polar surface area (TPSA) is 441 Å². The molecule has 5 aliphatic rings. The molecule has 86 heavy (non-hydrogen) atoms. The maximum Gasteiger partial charge on any atom is 0.329 e. The Morgan fingerprint density at radius 2 is 1.08 bits per heavy atom. The van der Waals surface area contributed by atoms with Crippen molar-refractivity contribution in [2.24, 2.45) is 11.5 Å². The Bertz CT molecular complexity index is 4020. The van der Waals surface area contributed by atoms with Gasteiger partial charge in [0.25, 0.3) is 0 Å². The molecule has 0 unspecified atom stereocenters. The number of carbonyl (C=O) groups excluding carboxylic acids is 5. The number of aromatic hydroxyl groups is 6. The van der Waals surface area contributed by atoms with Gasteiger partial charge in [-0.05, 0) is 118 Å². The van der Waals surface area contributed by atoms with Crippen molar-refractivity contribution in [3.8, 4) is 80.1 Å². The molecule has 5 heterocycles. The third kappa shape index (κ3) is 11.7. The number of rotatable bonds is 5. The molecule has 12 rings (SSSR count). The second-order valence-corrected chi connectivity index (χ2v) is 20.8. The van der Waals surface area contributed by atoms with E-state index in [1.54, 1.807) is 0 Å². The molecule has 442 valence electrons. The zero-order valence-corrected chi connectivity index (χ0v) is 45.3. The van der Waals surface area contributed by atoms with Gasteiger partial charge < -0.3 is 98.2 Å². The molecule has 7 aromatic carbocycles. The van der Waals surface area contributed by atoms with E-state index in [2.05, 4.69) is 26.6 Å². The molecule has 8 atom stereocenters. The number of carboxylic acid groups (broad SMARTS) is 2. The number of carboxylic acids is 2. The van der Waals surface area contributed by atoms with Crippen LogP contribution in [-0.2, 0) is 40.0 Å². The largest absolute Gasteiger partial charge is 0.508 e. The first kappa shape index (κ1) is 58.7. The number of hydrogen-bond acceptors (Lipinski definition) is 19. The molecule has 7 aromatic rings. The van der Waals surface area contributed by atoms with Crippen LogP contribution in [0.25, 0.3) is 11.1 Å². The lowest BCUT2D eigenvalue weighted by atomic mass is 9.90. The number of nitrogens with one attached hydrogen (secondary N) is 5. The van der Waals surface area contributed by atoms with E-state index in [-0.39, 0.29) is 61.7 Å². The molecule has 0 fully saturated rings. The van der Waals surface area contributed by atoms with Gasteiger partial charge in [0.15, 0.2) is 29.0 Å². The highest BCUT2D eigenvalue weighted by Crippen LogP contribution is 2.48. The van der Waals surface area contributed by atoms with Crippen LogP contribution < -0.4 is 52.3 Å². The summed E-state index contributed by atoms with van der Waals surface area (Å²) in [7, 11) is 0. The van der Waals surface area contributed by atoms with E-state index in [0.717, 1.165) is 66.7 Å². The maximum atomic E-state index is 15.7. The van der Waals surface area contributed by atoms with Gasteiger partial charge in [-0.15, -0.1) is 0 Å². The second kappa shape index (κ2) is 23.3. The summed E-state index contributed by atoms with van der Waals surface area (Å²) in [5.41, 5.74) is 10.1. The Hall–Kier alpha value is -10.5. The minimum Gasteiger partial charge on any atom is -0.508 e. The Labute approximate surface area is 493 Å². The Balaban J connectivity index is 1.20. The van der Waals surface area contributed by atoms with Crippen molar-refractivity contribution in [1.82, 2.24) is 26.6 Å². The summed E-state index contributed by atoms with van der Waals surface area (Å²) in [6.07, 6.45) is -2.50. The quantitative estimate of drug-likeness (QED) is 0.109. The van der Waals surface area contributed by atoms with E-state index >= 15 is 14.4 Å². The first-order chi connectivity index (χ1) is 40.8. The number of carbonyl (C=O) groups is 7. The molecule has 0 aromatic heterocycles. The van der Waals surface area contributed by atoms with Crippen LogP contribution in [0.5, 0.6) is 69.0 Å². The minimum atomic E-state index is -2.28. The smallest absolute Gasteiger partial charge is 0.329 e. The predicted octanol–water partition coefficient (Wildman–Crippen LogP) is 4.90. The standard InChI is InChI=1S/C58H47Cl2N7O19/c59-32-9-21-1-7-38(32)85-41-16-26-17-42(51(41)74)86-39-8-4-24(14-33(39)60)50(73)49(58(82)83)67-54(77)46(23-3-5-35(70)30(13-23)43-31(45(62)57(80)81)19-28(69)20-37(43)72)65-56(79)48(26)66-55(78)47-25-11-27(68)18-29(12-25)84-40-15-22(2-6-36(40)71)44(61)53(76)63-34(10-21)52(75)64-47/h1-9,11-20,34,44-50,68-74H,10,61-62H2,(H,63,76)(H,64,75)(H,65,79)(H,66,78)(H,67,77)(H,80,81)(H,82,83)/t34-,44+,45-,46-,47+,48-,49-,50-/m0/s1. The van der Waals surface area contributed by atoms with Crippen molar-refractivity contribution in [1.29, 1.82) is 0 Å². The van der Waals surface area contributed by atoms with Crippen LogP contribution in [0.1, 0.15) is 75.3 Å². The van der Waals surface area contributed by atoms with Crippen molar-refractivity contribution < 1.29 is 93.7 Å². The predicted molar refractivity (Wildman–Crippen MR) is 299 cm³/mol. The van der Waals surface area contributed by atoms with Crippen LogP contribution in [-0.4, -0.2) is 99.5 Å². The molecule has 28 heteroatoms. The number of aliphatic hydroxyl groups is 1. The van der Waals surface area contributed by atoms with Crippen LogP contribution >= 0.6 is 23.2 Å². The van der Waals surface area contributed by atoms with E-state index in [0.29, 0.717) is 5.56 Å².